The number of aromatic nitrogens is 1. The van der Waals surface area contributed by atoms with E-state index in [1.165, 1.54) is 12.1 Å². The maximum atomic E-state index is 13.6. The molecular weight excluding hydrogens is 234 g/mol. The molecule has 0 spiro atoms. The molecule has 0 amide bonds. The van der Waals surface area contributed by atoms with Gasteiger partial charge in [-0.2, -0.15) is 0 Å². The van der Waals surface area contributed by atoms with Crippen LogP contribution in [0.3, 0.4) is 0 Å². The Bertz CT molecular complexity index is 541. The molecule has 2 aromatic rings. The summed E-state index contributed by atoms with van der Waals surface area (Å²) in [5.41, 5.74) is 1.99. The van der Waals surface area contributed by atoms with Gasteiger partial charge < -0.3 is 5.32 Å². The van der Waals surface area contributed by atoms with E-state index in [0.717, 1.165) is 18.2 Å². The maximum absolute atomic E-state index is 13.6. The Morgan fingerprint density at radius 1 is 1.17 bits per heavy atom. The molecule has 1 N–H and O–H groups in total. The highest BCUT2D eigenvalue weighted by Gasteiger charge is 2.07. The van der Waals surface area contributed by atoms with Gasteiger partial charge in [0, 0.05) is 36.1 Å². The number of halogens is 2. The number of benzene rings is 1. The summed E-state index contributed by atoms with van der Waals surface area (Å²) in [5, 5.41) is 3.17. The predicted molar refractivity (Wildman–Crippen MR) is 67.0 cm³/mol. The molecule has 4 heteroatoms. The molecular formula is C14H14F2N2. The molecule has 0 radical (unpaired) electrons. The van der Waals surface area contributed by atoms with Crippen molar-refractivity contribution in [1.82, 2.24) is 10.3 Å². The van der Waals surface area contributed by atoms with E-state index in [0.29, 0.717) is 17.7 Å². The highest BCUT2D eigenvalue weighted by molar-refractivity contribution is 5.63. The Kier molecular flexibility index (Phi) is 3.99. The van der Waals surface area contributed by atoms with Gasteiger partial charge in [-0.25, -0.2) is 8.78 Å². The molecule has 0 aliphatic heterocycles. The molecule has 2 rings (SSSR count). The molecule has 0 saturated heterocycles. The topological polar surface area (TPSA) is 24.9 Å². The van der Waals surface area contributed by atoms with Crippen LogP contribution < -0.4 is 5.32 Å². The lowest BCUT2D eigenvalue weighted by Gasteiger charge is -2.06. The minimum atomic E-state index is -0.576. The van der Waals surface area contributed by atoms with E-state index in [4.69, 9.17) is 0 Å². The molecule has 0 saturated carbocycles. The number of hydrogen-bond donors (Lipinski definition) is 1. The molecule has 94 valence electrons. The molecule has 18 heavy (non-hydrogen) atoms. The average molecular weight is 248 g/mol. The third-order valence-corrected chi connectivity index (χ3v) is 2.62. The molecule has 1 heterocycles. The number of nitrogens with one attached hydrogen (secondary N) is 1. The van der Waals surface area contributed by atoms with Gasteiger partial charge in [-0.3, -0.25) is 4.98 Å². The SMILES string of the molecule is CCNCc1cncc(-c2ccc(F)cc2F)c1. The number of rotatable bonds is 4. The van der Waals surface area contributed by atoms with Gasteiger partial charge in [0.15, 0.2) is 0 Å². The van der Waals surface area contributed by atoms with E-state index in [1.54, 1.807) is 12.4 Å². The first-order valence-electron chi connectivity index (χ1n) is 5.80. The molecule has 1 aromatic carbocycles. The van der Waals surface area contributed by atoms with Crippen LogP contribution in [0.15, 0.2) is 36.7 Å². The van der Waals surface area contributed by atoms with Crippen LogP contribution in [0.25, 0.3) is 11.1 Å². The fourth-order valence-corrected chi connectivity index (χ4v) is 1.72. The van der Waals surface area contributed by atoms with Gasteiger partial charge in [0.25, 0.3) is 0 Å². The summed E-state index contributed by atoms with van der Waals surface area (Å²) >= 11 is 0. The van der Waals surface area contributed by atoms with Crippen molar-refractivity contribution in [3.05, 3.63) is 53.9 Å². The first kappa shape index (κ1) is 12.6. The Balaban J connectivity index is 2.32. The van der Waals surface area contributed by atoms with Gasteiger partial charge in [-0.05, 0) is 30.3 Å². The van der Waals surface area contributed by atoms with Crippen LogP contribution in [0.4, 0.5) is 8.78 Å². The maximum Gasteiger partial charge on any atom is 0.133 e. The molecule has 0 aliphatic carbocycles. The lowest BCUT2D eigenvalue weighted by molar-refractivity contribution is 0.585. The van der Waals surface area contributed by atoms with E-state index < -0.39 is 11.6 Å². The molecule has 0 bridgehead atoms. The smallest absolute Gasteiger partial charge is 0.133 e. The van der Waals surface area contributed by atoms with Crippen LogP contribution in [-0.4, -0.2) is 11.5 Å². The first-order valence-corrected chi connectivity index (χ1v) is 5.80. The van der Waals surface area contributed by atoms with E-state index in [9.17, 15) is 8.78 Å². The van der Waals surface area contributed by atoms with Crippen LogP contribution in [0, 0.1) is 11.6 Å². The lowest BCUT2D eigenvalue weighted by Crippen LogP contribution is -2.11. The highest BCUT2D eigenvalue weighted by Crippen LogP contribution is 2.23. The average Bonchev–Trinajstić information content (AvgIpc) is 2.36. The minimum Gasteiger partial charge on any atom is -0.313 e. The van der Waals surface area contributed by atoms with Gasteiger partial charge in [0.05, 0.1) is 0 Å². The van der Waals surface area contributed by atoms with Crippen LogP contribution in [0.2, 0.25) is 0 Å². The standard InChI is InChI=1S/C14H14F2N2/c1-2-17-7-10-5-11(9-18-8-10)13-4-3-12(15)6-14(13)16/h3-6,8-9,17H,2,7H2,1H3. The van der Waals surface area contributed by atoms with Crippen LogP contribution in [-0.2, 0) is 6.54 Å². The van der Waals surface area contributed by atoms with Crippen LogP contribution >= 0.6 is 0 Å². The highest BCUT2D eigenvalue weighted by atomic mass is 19.1. The van der Waals surface area contributed by atoms with E-state index in [-0.39, 0.29) is 0 Å². The van der Waals surface area contributed by atoms with E-state index >= 15 is 0 Å². The number of pyridine rings is 1. The van der Waals surface area contributed by atoms with Crippen molar-refractivity contribution >= 4 is 0 Å². The summed E-state index contributed by atoms with van der Waals surface area (Å²) in [5.74, 6) is -1.15. The summed E-state index contributed by atoms with van der Waals surface area (Å²) in [6, 6.07) is 5.41. The van der Waals surface area contributed by atoms with Crippen molar-refractivity contribution in [3.63, 3.8) is 0 Å². The van der Waals surface area contributed by atoms with E-state index in [1.807, 2.05) is 13.0 Å². The fourth-order valence-electron chi connectivity index (χ4n) is 1.72. The number of nitrogens with zero attached hydrogens (tertiary/aromatic N) is 1. The van der Waals surface area contributed by atoms with Gasteiger partial charge >= 0.3 is 0 Å². The lowest BCUT2D eigenvalue weighted by atomic mass is 10.1. The van der Waals surface area contributed by atoms with Gasteiger partial charge in [0.1, 0.15) is 11.6 Å². The quantitative estimate of drug-likeness (QED) is 0.899. The monoisotopic (exact) mass is 248 g/mol. The van der Waals surface area contributed by atoms with Crippen molar-refractivity contribution in [3.8, 4) is 11.1 Å². The van der Waals surface area contributed by atoms with Gasteiger partial charge in [-0.1, -0.05) is 6.92 Å². The molecule has 0 atom stereocenters. The number of hydrogen-bond acceptors (Lipinski definition) is 2. The third-order valence-electron chi connectivity index (χ3n) is 2.62. The van der Waals surface area contributed by atoms with Crippen LogP contribution in [0.5, 0.6) is 0 Å². The molecule has 1 aromatic heterocycles. The van der Waals surface area contributed by atoms with Crippen molar-refractivity contribution in [2.45, 2.75) is 13.5 Å². The summed E-state index contributed by atoms with van der Waals surface area (Å²) in [6.07, 6.45) is 3.30. The fraction of sp³-hybridized carbons (Fsp3) is 0.214. The van der Waals surface area contributed by atoms with Gasteiger partial charge in [-0.15, -0.1) is 0 Å². The zero-order valence-corrected chi connectivity index (χ0v) is 10.1. The summed E-state index contributed by atoms with van der Waals surface area (Å²) in [4.78, 5) is 4.08. The molecule has 0 aliphatic rings. The van der Waals surface area contributed by atoms with E-state index in [2.05, 4.69) is 10.3 Å². The normalized spacial score (nSPS) is 10.6. The Labute approximate surface area is 105 Å². The van der Waals surface area contributed by atoms with Crippen molar-refractivity contribution in [2.24, 2.45) is 0 Å². The van der Waals surface area contributed by atoms with Crippen LogP contribution in [0.1, 0.15) is 12.5 Å². The molecule has 2 nitrogen and oxygen atoms in total. The second kappa shape index (κ2) is 5.69. The van der Waals surface area contributed by atoms with Gasteiger partial charge in [0.2, 0.25) is 0 Å². The van der Waals surface area contributed by atoms with Crippen molar-refractivity contribution in [1.29, 1.82) is 0 Å². The minimum absolute atomic E-state index is 0.363. The second-order valence-electron chi connectivity index (χ2n) is 3.99. The van der Waals surface area contributed by atoms with Crippen molar-refractivity contribution in [2.75, 3.05) is 6.54 Å². The predicted octanol–water partition coefficient (Wildman–Crippen LogP) is 3.14. The zero-order chi connectivity index (χ0) is 13.0. The summed E-state index contributed by atoms with van der Waals surface area (Å²) in [6.45, 7) is 3.55. The Morgan fingerprint density at radius 3 is 2.72 bits per heavy atom. The summed E-state index contributed by atoms with van der Waals surface area (Å²) < 4.78 is 26.5. The third kappa shape index (κ3) is 2.90. The largest absolute Gasteiger partial charge is 0.313 e. The summed E-state index contributed by atoms with van der Waals surface area (Å²) in [7, 11) is 0. The molecule has 0 unspecified atom stereocenters. The Morgan fingerprint density at radius 2 is 2.00 bits per heavy atom. The first-order chi connectivity index (χ1) is 8.70. The zero-order valence-electron chi connectivity index (χ0n) is 10.1. The van der Waals surface area contributed by atoms with Crippen molar-refractivity contribution < 1.29 is 8.78 Å². The Hall–Kier alpha value is -1.81. The second-order valence-corrected chi connectivity index (χ2v) is 3.99. The molecule has 0 fully saturated rings.